The van der Waals surface area contributed by atoms with Crippen molar-refractivity contribution in [2.75, 3.05) is 6.61 Å². The summed E-state index contributed by atoms with van der Waals surface area (Å²) in [6.07, 6.45) is 2.04. The molecule has 4 nitrogen and oxygen atoms in total. The predicted octanol–water partition coefficient (Wildman–Crippen LogP) is 5.65. The Labute approximate surface area is 176 Å². The van der Waals surface area contributed by atoms with Crippen molar-refractivity contribution in [1.29, 1.82) is 0 Å². The van der Waals surface area contributed by atoms with Gasteiger partial charge in [0.2, 0.25) is 0 Å². The first-order valence-electron chi connectivity index (χ1n) is 8.36. The Morgan fingerprint density at radius 1 is 0.964 bits per heavy atom. The van der Waals surface area contributed by atoms with Gasteiger partial charge in [-0.3, -0.25) is 4.79 Å². The summed E-state index contributed by atoms with van der Waals surface area (Å²) in [5, 5.41) is 0.0207. The van der Waals surface area contributed by atoms with Gasteiger partial charge in [0, 0.05) is 11.8 Å². The average Bonchev–Trinajstić information content (AvgIpc) is 3.08. The normalized spacial score (nSPS) is 11.7. The lowest BCUT2D eigenvalue weighted by molar-refractivity contribution is 0.0469. The van der Waals surface area contributed by atoms with Crippen molar-refractivity contribution in [2.24, 2.45) is 0 Å². The SMILES string of the molecule is O=C(COC(=O)c1ncc(Cl)c(Cl)c1Cl)c1ccc2c(c1)-c1ccccc1C2. The number of hydrogen-bond donors (Lipinski definition) is 0. The fraction of sp³-hybridized carbons (Fsp3) is 0.0952. The van der Waals surface area contributed by atoms with Gasteiger partial charge in [-0.05, 0) is 34.7 Å². The van der Waals surface area contributed by atoms with Crippen LogP contribution in [0.25, 0.3) is 11.1 Å². The van der Waals surface area contributed by atoms with Crippen LogP contribution in [0, 0.1) is 0 Å². The van der Waals surface area contributed by atoms with E-state index in [0.717, 1.165) is 17.5 Å². The summed E-state index contributed by atoms with van der Waals surface area (Å²) in [7, 11) is 0. The number of aromatic nitrogens is 1. The Balaban J connectivity index is 1.50. The molecule has 140 valence electrons. The van der Waals surface area contributed by atoms with Crippen molar-refractivity contribution in [3.63, 3.8) is 0 Å². The first kappa shape index (κ1) is 18.9. The molecule has 1 aliphatic carbocycles. The summed E-state index contributed by atoms with van der Waals surface area (Å²) in [5.74, 6) is -1.17. The summed E-state index contributed by atoms with van der Waals surface area (Å²) in [6, 6.07) is 13.6. The van der Waals surface area contributed by atoms with Gasteiger partial charge in [0.1, 0.15) is 0 Å². The summed E-state index contributed by atoms with van der Waals surface area (Å²) in [5.41, 5.74) is 4.83. The number of carbonyl (C=O) groups is 2. The minimum atomic E-state index is -0.844. The second-order valence-corrected chi connectivity index (χ2v) is 7.45. The largest absolute Gasteiger partial charge is 0.453 e. The smallest absolute Gasteiger partial charge is 0.358 e. The fourth-order valence-corrected chi connectivity index (χ4v) is 3.72. The Kier molecular flexibility index (Phi) is 5.11. The molecule has 0 unspecified atom stereocenters. The minimum absolute atomic E-state index is 0.00824. The molecule has 7 heteroatoms. The monoisotopic (exact) mass is 431 g/mol. The quantitative estimate of drug-likeness (QED) is 0.309. The Morgan fingerprint density at radius 3 is 2.54 bits per heavy atom. The molecule has 0 spiro atoms. The van der Waals surface area contributed by atoms with Crippen LogP contribution in [-0.2, 0) is 11.2 Å². The van der Waals surface area contributed by atoms with Crippen molar-refractivity contribution in [2.45, 2.75) is 6.42 Å². The maximum absolute atomic E-state index is 12.5. The van der Waals surface area contributed by atoms with Gasteiger partial charge < -0.3 is 4.74 Å². The number of hydrogen-bond acceptors (Lipinski definition) is 4. The third-order valence-electron chi connectivity index (χ3n) is 4.57. The maximum Gasteiger partial charge on any atom is 0.358 e. The lowest BCUT2D eigenvalue weighted by Gasteiger charge is -2.08. The molecule has 0 amide bonds. The van der Waals surface area contributed by atoms with Crippen LogP contribution in [0.5, 0.6) is 0 Å². The fourth-order valence-electron chi connectivity index (χ4n) is 3.17. The number of benzene rings is 2. The Hall–Kier alpha value is -2.40. The first-order chi connectivity index (χ1) is 13.5. The van der Waals surface area contributed by atoms with E-state index in [2.05, 4.69) is 11.1 Å². The number of ether oxygens (including phenoxy) is 1. The highest BCUT2D eigenvalue weighted by Gasteiger charge is 2.22. The van der Waals surface area contributed by atoms with Gasteiger partial charge >= 0.3 is 5.97 Å². The standard InChI is InChI=1S/C21H12Cl3NO3/c22-16-9-25-20(19(24)18(16)23)21(27)28-10-17(26)13-6-5-12-7-11-3-1-2-4-14(11)15(12)8-13/h1-6,8-9H,7,10H2. The molecule has 0 bridgehead atoms. The van der Waals surface area contributed by atoms with Crippen LogP contribution in [0.3, 0.4) is 0 Å². The zero-order chi connectivity index (χ0) is 19.8. The third-order valence-corrected chi connectivity index (χ3v) is 5.81. The van der Waals surface area contributed by atoms with Crippen LogP contribution in [0.15, 0.2) is 48.7 Å². The second-order valence-electron chi connectivity index (χ2n) is 6.29. The van der Waals surface area contributed by atoms with E-state index >= 15 is 0 Å². The number of pyridine rings is 1. The summed E-state index contributed by atoms with van der Waals surface area (Å²) in [4.78, 5) is 28.5. The highest BCUT2D eigenvalue weighted by molar-refractivity contribution is 6.48. The van der Waals surface area contributed by atoms with Gasteiger partial charge in [0.15, 0.2) is 18.1 Å². The molecule has 2 aromatic carbocycles. The van der Waals surface area contributed by atoms with E-state index in [1.807, 2.05) is 30.3 Å². The number of rotatable bonds is 4. The number of ketones is 1. The molecule has 0 atom stereocenters. The summed E-state index contributed by atoms with van der Waals surface area (Å²) >= 11 is 17.7. The number of Topliss-reactive ketones (excluding diaryl/α,β-unsaturated/α-hetero) is 1. The number of nitrogens with zero attached hydrogens (tertiary/aromatic N) is 1. The Bertz CT molecular complexity index is 1130. The lowest BCUT2D eigenvalue weighted by atomic mass is 10.0. The second kappa shape index (κ2) is 7.55. The van der Waals surface area contributed by atoms with Gasteiger partial charge in [0.25, 0.3) is 0 Å². The van der Waals surface area contributed by atoms with Crippen molar-refractivity contribution in [3.8, 4) is 11.1 Å². The number of esters is 1. The highest BCUT2D eigenvalue weighted by atomic mass is 35.5. The van der Waals surface area contributed by atoms with E-state index < -0.39 is 12.6 Å². The number of halogens is 3. The van der Waals surface area contributed by atoms with E-state index in [0.29, 0.717) is 5.56 Å². The zero-order valence-corrected chi connectivity index (χ0v) is 16.6. The molecule has 0 radical (unpaired) electrons. The van der Waals surface area contributed by atoms with Crippen molar-refractivity contribution >= 4 is 46.6 Å². The van der Waals surface area contributed by atoms with E-state index in [9.17, 15) is 9.59 Å². The zero-order valence-electron chi connectivity index (χ0n) is 14.3. The molecule has 3 aromatic rings. The van der Waals surface area contributed by atoms with Gasteiger partial charge in [-0.15, -0.1) is 0 Å². The molecular weight excluding hydrogens is 421 g/mol. The van der Waals surface area contributed by atoms with Crippen molar-refractivity contribution < 1.29 is 14.3 Å². The summed E-state index contributed by atoms with van der Waals surface area (Å²) in [6.45, 7) is -0.433. The van der Waals surface area contributed by atoms with Gasteiger partial charge in [-0.1, -0.05) is 71.2 Å². The average molecular weight is 433 g/mol. The van der Waals surface area contributed by atoms with E-state index in [4.69, 9.17) is 39.5 Å². The third kappa shape index (κ3) is 3.39. The predicted molar refractivity (Wildman–Crippen MR) is 109 cm³/mol. The molecule has 0 aliphatic heterocycles. The van der Waals surface area contributed by atoms with Crippen LogP contribution in [0.2, 0.25) is 15.1 Å². The molecule has 1 aliphatic rings. The van der Waals surface area contributed by atoms with Crippen molar-refractivity contribution in [1.82, 2.24) is 4.98 Å². The molecule has 4 rings (SSSR count). The lowest BCUT2D eigenvalue weighted by Crippen LogP contribution is -2.16. The van der Waals surface area contributed by atoms with Crippen LogP contribution >= 0.6 is 34.8 Å². The van der Waals surface area contributed by atoms with Crippen LogP contribution in [-0.4, -0.2) is 23.3 Å². The van der Waals surface area contributed by atoms with Crippen LogP contribution < -0.4 is 0 Å². The highest BCUT2D eigenvalue weighted by Crippen LogP contribution is 2.37. The Morgan fingerprint density at radius 2 is 1.71 bits per heavy atom. The summed E-state index contributed by atoms with van der Waals surface area (Å²) < 4.78 is 5.07. The van der Waals surface area contributed by atoms with E-state index in [-0.39, 0.29) is 26.5 Å². The molecule has 1 heterocycles. The minimum Gasteiger partial charge on any atom is -0.453 e. The molecule has 0 saturated carbocycles. The van der Waals surface area contributed by atoms with Gasteiger partial charge in [-0.2, -0.15) is 0 Å². The molecule has 1 aromatic heterocycles. The molecule has 0 fully saturated rings. The number of fused-ring (bicyclic) bond motifs is 3. The molecule has 28 heavy (non-hydrogen) atoms. The topological polar surface area (TPSA) is 56.3 Å². The maximum atomic E-state index is 12.5. The van der Waals surface area contributed by atoms with E-state index in [1.54, 1.807) is 6.07 Å². The van der Waals surface area contributed by atoms with E-state index in [1.165, 1.54) is 17.3 Å². The first-order valence-corrected chi connectivity index (χ1v) is 9.50. The van der Waals surface area contributed by atoms with Crippen LogP contribution in [0.4, 0.5) is 0 Å². The molecule has 0 N–H and O–H groups in total. The number of carbonyl (C=O) groups excluding carboxylic acids is 2. The van der Waals surface area contributed by atoms with Gasteiger partial charge in [0.05, 0.1) is 15.1 Å². The van der Waals surface area contributed by atoms with Crippen molar-refractivity contribution in [3.05, 3.63) is 86.1 Å². The molecular formula is C21H12Cl3NO3. The molecule has 0 saturated heterocycles. The van der Waals surface area contributed by atoms with Gasteiger partial charge in [-0.25, -0.2) is 9.78 Å². The van der Waals surface area contributed by atoms with Crippen LogP contribution in [0.1, 0.15) is 32.0 Å².